The summed E-state index contributed by atoms with van der Waals surface area (Å²) in [5, 5.41) is 11.1. The van der Waals surface area contributed by atoms with Gasteiger partial charge in [0.1, 0.15) is 12.2 Å². The van der Waals surface area contributed by atoms with Gasteiger partial charge in [0.25, 0.3) is 5.69 Å². The van der Waals surface area contributed by atoms with Gasteiger partial charge in [-0.2, -0.15) is 0 Å². The SMILES string of the molecule is CC(C)(C)OCC#Cc1ccc(Cl)cc1[N+](=O)[O-]. The second-order valence-corrected chi connectivity index (χ2v) is 5.06. The van der Waals surface area contributed by atoms with Gasteiger partial charge in [0, 0.05) is 11.1 Å². The Bertz CT molecular complexity index is 509. The van der Waals surface area contributed by atoms with Crippen molar-refractivity contribution in [3.63, 3.8) is 0 Å². The summed E-state index contributed by atoms with van der Waals surface area (Å²) in [6, 6.07) is 4.39. The van der Waals surface area contributed by atoms with Crippen molar-refractivity contribution in [2.75, 3.05) is 6.61 Å². The number of benzene rings is 1. The molecule has 0 spiro atoms. The minimum absolute atomic E-state index is 0.0919. The second kappa shape index (κ2) is 5.85. The first-order valence-electron chi connectivity index (χ1n) is 5.36. The average Bonchev–Trinajstić information content (AvgIpc) is 2.24. The number of hydrogen-bond donors (Lipinski definition) is 0. The lowest BCUT2D eigenvalue weighted by atomic mass is 10.2. The zero-order valence-electron chi connectivity index (χ0n) is 10.5. The van der Waals surface area contributed by atoms with Crippen LogP contribution in [0.3, 0.4) is 0 Å². The Morgan fingerprint density at radius 2 is 2.11 bits per heavy atom. The van der Waals surface area contributed by atoms with Crippen LogP contribution >= 0.6 is 11.6 Å². The molecule has 0 unspecified atom stereocenters. The van der Waals surface area contributed by atoms with Crippen LogP contribution in [0.4, 0.5) is 5.69 Å². The van der Waals surface area contributed by atoms with Gasteiger partial charge in [-0.05, 0) is 32.9 Å². The summed E-state index contributed by atoms with van der Waals surface area (Å²) in [4.78, 5) is 10.3. The van der Waals surface area contributed by atoms with E-state index in [9.17, 15) is 10.1 Å². The predicted molar refractivity (Wildman–Crippen MR) is 70.7 cm³/mol. The summed E-state index contributed by atoms with van der Waals surface area (Å²) < 4.78 is 5.41. The summed E-state index contributed by atoms with van der Waals surface area (Å²) in [5.74, 6) is 5.47. The van der Waals surface area contributed by atoms with E-state index in [2.05, 4.69) is 11.8 Å². The highest BCUT2D eigenvalue weighted by atomic mass is 35.5. The highest BCUT2D eigenvalue weighted by Gasteiger charge is 2.12. The molecule has 0 aliphatic carbocycles. The lowest BCUT2D eigenvalue weighted by Crippen LogP contribution is -2.19. The first kappa shape index (κ1) is 14.5. The zero-order valence-corrected chi connectivity index (χ0v) is 11.2. The van der Waals surface area contributed by atoms with Crippen molar-refractivity contribution < 1.29 is 9.66 Å². The molecule has 96 valence electrons. The van der Waals surface area contributed by atoms with Gasteiger partial charge < -0.3 is 4.74 Å². The molecule has 0 amide bonds. The monoisotopic (exact) mass is 267 g/mol. The van der Waals surface area contributed by atoms with Crippen LogP contribution in [-0.4, -0.2) is 17.1 Å². The molecule has 0 heterocycles. The molecule has 0 radical (unpaired) electrons. The van der Waals surface area contributed by atoms with Crippen LogP contribution in [0, 0.1) is 22.0 Å². The van der Waals surface area contributed by atoms with E-state index in [0.29, 0.717) is 10.6 Å². The molecule has 1 rings (SSSR count). The standard InChI is InChI=1S/C13H14ClNO3/c1-13(2,3)18-8-4-5-10-6-7-11(14)9-12(10)15(16)17/h6-7,9H,8H2,1-3H3. The van der Waals surface area contributed by atoms with Gasteiger partial charge in [-0.1, -0.05) is 23.4 Å². The number of ether oxygens (including phenoxy) is 1. The van der Waals surface area contributed by atoms with Crippen LogP contribution in [0.15, 0.2) is 18.2 Å². The Balaban J connectivity index is 2.85. The lowest BCUT2D eigenvalue weighted by Gasteiger charge is -2.16. The number of halogens is 1. The van der Waals surface area contributed by atoms with E-state index >= 15 is 0 Å². The molecular formula is C13H14ClNO3. The van der Waals surface area contributed by atoms with Crippen molar-refractivity contribution >= 4 is 17.3 Å². The summed E-state index contributed by atoms with van der Waals surface area (Å²) >= 11 is 5.70. The highest BCUT2D eigenvalue weighted by molar-refractivity contribution is 6.30. The van der Waals surface area contributed by atoms with Crippen LogP contribution in [0.5, 0.6) is 0 Å². The molecule has 0 saturated carbocycles. The normalized spacial score (nSPS) is 10.7. The Hall–Kier alpha value is -1.57. The van der Waals surface area contributed by atoms with Crippen molar-refractivity contribution in [1.29, 1.82) is 0 Å². The maximum absolute atomic E-state index is 10.8. The third-order valence-corrected chi connectivity index (χ3v) is 2.19. The maximum Gasteiger partial charge on any atom is 0.286 e. The smallest absolute Gasteiger partial charge is 0.286 e. The van der Waals surface area contributed by atoms with E-state index in [4.69, 9.17) is 16.3 Å². The van der Waals surface area contributed by atoms with Gasteiger partial charge in [-0.15, -0.1) is 0 Å². The zero-order chi connectivity index (χ0) is 13.8. The van der Waals surface area contributed by atoms with Crippen molar-refractivity contribution in [1.82, 2.24) is 0 Å². The molecule has 0 bridgehead atoms. The van der Waals surface area contributed by atoms with E-state index in [1.807, 2.05) is 20.8 Å². The van der Waals surface area contributed by atoms with E-state index < -0.39 is 4.92 Å². The van der Waals surface area contributed by atoms with Gasteiger partial charge in [0.2, 0.25) is 0 Å². The third kappa shape index (κ3) is 4.74. The Kier molecular flexibility index (Phi) is 4.71. The van der Waals surface area contributed by atoms with Crippen LogP contribution in [0.25, 0.3) is 0 Å². The van der Waals surface area contributed by atoms with Crippen LogP contribution in [-0.2, 0) is 4.74 Å². The largest absolute Gasteiger partial charge is 0.363 e. The van der Waals surface area contributed by atoms with Gasteiger partial charge in [-0.3, -0.25) is 10.1 Å². The number of nitrogens with zero attached hydrogens (tertiary/aromatic N) is 1. The first-order valence-corrected chi connectivity index (χ1v) is 5.74. The van der Waals surface area contributed by atoms with Crippen LogP contribution in [0.2, 0.25) is 5.02 Å². The summed E-state index contributed by atoms with van der Waals surface area (Å²) in [6.45, 7) is 5.97. The summed E-state index contributed by atoms with van der Waals surface area (Å²) in [7, 11) is 0. The topological polar surface area (TPSA) is 52.4 Å². The van der Waals surface area contributed by atoms with E-state index in [0.717, 1.165) is 0 Å². The first-order chi connectivity index (χ1) is 8.29. The summed E-state index contributed by atoms with van der Waals surface area (Å²) in [5.41, 5.74) is -0.0340. The summed E-state index contributed by atoms with van der Waals surface area (Å²) in [6.07, 6.45) is 0. The molecule has 0 atom stereocenters. The van der Waals surface area contributed by atoms with Crippen molar-refractivity contribution in [3.8, 4) is 11.8 Å². The molecule has 0 aliphatic heterocycles. The quantitative estimate of drug-likeness (QED) is 0.469. The van der Waals surface area contributed by atoms with E-state index in [-0.39, 0.29) is 17.9 Å². The minimum Gasteiger partial charge on any atom is -0.363 e. The Labute approximate surface area is 111 Å². The van der Waals surface area contributed by atoms with Gasteiger partial charge >= 0.3 is 0 Å². The molecule has 0 saturated heterocycles. The van der Waals surface area contributed by atoms with Gasteiger partial charge in [0.05, 0.1) is 10.5 Å². The number of nitro groups is 1. The van der Waals surface area contributed by atoms with E-state index in [1.165, 1.54) is 12.1 Å². The fraction of sp³-hybridized carbons (Fsp3) is 0.385. The molecule has 0 N–H and O–H groups in total. The number of nitro benzene ring substituents is 1. The maximum atomic E-state index is 10.8. The lowest BCUT2D eigenvalue weighted by molar-refractivity contribution is -0.385. The molecule has 1 aromatic carbocycles. The van der Waals surface area contributed by atoms with Crippen LogP contribution < -0.4 is 0 Å². The molecule has 5 heteroatoms. The van der Waals surface area contributed by atoms with Gasteiger partial charge in [-0.25, -0.2) is 0 Å². The molecule has 4 nitrogen and oxygen atoms in total. The Morgan fingerprint density at radius 3 is 2.67 bits per heavy atom. The van der Waals surface area contributed by atoms with Crippen molar-refractivity contribution in [3.05, 3.63) is 38.9 Å². The van der Waals surface area contributed by atoms with E-state index in [1.54, 1.807) is 6.07 Å². The highest BCUT2D eigenvalue weighted by Crippen LogP contribution is 2.22. The average molecular weight is 268 g/mol. The molecule has 18 heavy (non-hydrogen) atoms. The van der Waals surface area contributed by atoms with Gasteiger partial charge in [0.15, 0.2) is 0 Å². The minimum atomic E-state index is -0.499. The van der Waals surface area contributed by atoms with Crippen LogP contribution in [0.1, 0.15) is 26.3 Å². The number of hydrogen-bond acceptors (Lipinski definition) is 3. The molecule has 0 aliphatic rings. The second-order valence-electron chi connectivity index (χ2n) is 4.62. The third-order valence-electron chi connectivity index (χ3n) is 1.96. The molecule has 0 aromatic heterocycles. The number of rotatable bonds is 2. The fourth-order valence-corrected chi connectivity index (χ4v) is 1.31. The molecule has 1 aromatic rings. The Morgan fingerprint density at radius 1 is 1.44 bits per heavy atom. The van der Waals surface area contributed by atoms with Crippen molar-refractivity contribution in [2.45, 2.75) is 26.4 Å². The predicted octanol–water partition coefficient (Wildman–Crippen LogP) is 3.41. The molecule has 0 fully saturated rings. The van der Waals surface area contributed by atoms with Crippen molar-refractivity contribution in [2.24, 2.45) is 0 Å². The molecular weight excluding hydrogens is 254 g/mol. The fourth-order valence-electron chi connectivity index (χ4n) is 1.15.